The normalized spacial score (nSPS) is 13.3. The lowest BCUT2D eigenvalue weighted by Gasteiger charge is -2.18. The average molecular weight is 524 g/mol. The molecule has 1 heterocycles. The van der Waals surface area contributed by atoms with Gasteiger partial charge in [-0.1, -0.05) is 0 Å². The van der Waals surface area contributed by atoms with E-state index in [2.05, 4.69) is 33.2 Å². The molecule has 1 amide bonds. The zero-order valence-corrected chi connectivity index (χ0v) is 19.1. The topological polar surface area (TPSA) is 87.5 Å². The van der Waals surface area contributed by atoms with Gasteiger partial charge in [-0.05, 0) is 96.9 Å². The van der Waals surface area contributed by atoms with Gasteiger partial charge in [-0.3, -0.25) is 20.2 Å². The number of hydrogen-bond acceptors (Lipinski definition) is 5. The predicted molar refractivity (Wildman–Crippen MR) is 127 cm³/mol. The van der Waals surface area contributed by atoms with Gasteiger partial charge in [0.2, 0.25) is 0 Å². The highest BCUT2D eigenvalue weighted by molar-refractivity contribution is 14.1. The van der Waals surface area contributed by atoms with E-state index in [0.29, 0.717) is 5.69 Å². The molecule has 9 heteroatoms. The molecule has 1 saturated heterocycles. The van der Waals surface area contributed by atoms with Gasteiger partial charge in [0.05, 0.1) is 4.92 Å². The van der Waals surface area contributed by atoms with Gasteiger partial charge < -0.3 is 10.2 Å². The van der Waals surface area contributed by atoms with Gasteiger partial charge in [-0.2, -0.15) is 0 Å². The SMILES string of the molecule is Cc1cc(NC(=S)NC(=O)c2ccc(N3CCCC3)c([N+](=O)[O-])c2)c(C)cc1I. The highest BCUT2D eigenvalue weighted by atomic mass is 127. The van der Waals surface area contributed by atoms with Crippen LogP contribution in [0.4, 0.5) is 17.1 Å². The van der Waals surface area contributed by atoms with Crippen LogP contribution in [-0.2, 0) is 0 Å². The Kier molecular flexibility index (Phi) is 6.68. The zero-order chi connectivity index (χ0) is 21.1. The van der Waals surface area contributed by atoms with E-state index in [-0.39, 0.29) is 16.4 Å². The lowest BCUT2D eigenvalue weighted by molar-refractivity contribution is -0.384. The average Bonchev–Trinajstić information content (AvgIpc) is 3.20. The number of anilines is 2. The predicted octanol–water partition coefficient (Wildman–Crippen LogP) is 4.54. The quantitative estimate of drug-likeness (QED) is 0.264. The number of thiocarbonyl (C=S) groups is 1. The molecule has 29 heavy (non-hydrogen) atoms. The molecule has 2 N–H and O–H groups in total. The van der Waals surface area contributed by atoms with Gasteiger partial charge in [-0.15, -0.1) is 0 Å². The molecule has 3 rings (SSSR count). The van der Waals surface area contributed by atoms with Crippen molar-refractivity contribution in [1.82, 2.24) is 5.32 Å². The summed E-state index contributed by atoms with van der Waals surface area (Å²) >= 11 is 7.52. The Balaban J connectivity index is 1.75. The third-order valence-electron chi connectivity index (χ3n) is 4.86. The molecule has 0 unspecified atom stereocenters. The highest BCUT2D eigenvalue weighted by Crippen LogP contribution is 2.31. The number of hydrogen-bond donors (Lipinski definition) is 2. The standard InChI is InChI=1S/C20H21IN4O3S/c1-12-10-16(13(2)9-15(12)21)22-20(29)23-19(26)14-5-6-17(18(11-14)25(27)28)24-7-3-4-8-24/h5-6,9-11H,3-4,7-8H2,1-2H3,(H2,22,23,26,29). The molecule has 0 aliphatic carbocycles. The van der Waals surface area contributed by atoms with Gasteiger partial charge in [0.1, 0.15) is 5.69 Å². The van der Waals surface area contributed by atoms with Crippen LogP contribution in [0.15, 0.2) is 30.3 Å². The van der Waals surface area contributed by atoms with Crippen LogP contribution in [-0.4, -0.2) is 29.0 Å². The molecule has 1 aliphatic rings. The fourth-order valence-corrected chi connectivity index (χ4v) is 4.11. The van der Waals surface area contributed by atoms with E-state index in [1.54, 1.807) is 12.1 Å². The van der Waals surface area contributed by atoms with Crippen molar-refractivity contribution >= 4 is 62.9 Å². The minimum atomic E-state index is -0.488. The summed E-state index contributed by atoms with van der Waals surface area (Å²) in [5.74, 6) is -0.488. The summed E-state index contributed by atoms with van der Waals surface area (Å²) in [5, 5.41) is 17.3. The van der Waals surface area contributed by atoms with Gasteiger partial charge in [0.25, 0.3) is 11.6 Å². The summed E-state index contributed by atoms with van der Waals surface area (Å²) in [6, 6.07) is 8.54. The maximum absolute atomic E-state index is 12.6. The Labute approximate surface area is 188 Å². The second-order valence-corrected chi connectivity index (χ2v) is 8.55. The number of halogens is 1. The molecule has 7 nitrogen and oxygen atoms in total. The highest BCUT2D eigenvalue weighted by Gasteiger charge is 2.24. The van der Waals surface area contributed by atoms with Crippen LogP contribution >= 0.6 is 34.8 Å². The van der Waals surface area contributed by atoms with Crippen molar-refractivity contribution in [2.24, 2.45) is 0 Å². The first-order valence-corrected chi connectivity index (χ1v) is 10.7. The second kappa shape index (κ2) is 9.04. The number of aryl methyl sites for hydroxylation is 2. The zero-order valence-electron chi connectivity index (χ0n) is 16.1. The van der Waals surface area contributed by atoms with E-state index in [4.69, 9.17) is 12.2 Å². The number of nitrogens with zero attached hydrogens (tertiary/aromatic N) is 2. The summed E-state index contributed by atoms with van der Waals surface area (Å²) in [4.78, 5) is 25.6. The Morgan fingerprint density at radius 1 is 1.17 bits per heavy atom. The first-order valence-electron chi connectivity index (χ1n) is 9.18. The second-order valence-electron chi connectivity index (χ2n) is 6.98. The van der Waals surface area contributed by atoms with E-state index in [1.165, 1.54) is 6.07 Å². The molecule has 0 atom stereocenters. The fourth-order valence-electron chi connectivity index (χ4n) is 3.28. The lowest BCUT2D eigenvalue weighted by atomic mass is 10.1. The van der Waals surface area contributed by atoms with Gasteiger partial charge in [0, 0.05) is 34.0 Å². The number of benzene rings is 2. The largest absolute Gasteiger partial charge is 0.366 e. The Hall–Kier alpha value is -2.27. The van der Waals surface area contributed by atoms with Crippen molar-refractivity contribution in [3.05, 3.63) is 60.7 Å². The summed E-state index contributed by atoms with van der Waals surface area (Å²) in [7, 11) is 0. The number of rotatable bonds is 4. The molecule has 152 valence electrons. The summed E-state index contributed by atoms with van der Waals surface area (Å²) in [6.07, 6.45) is 2.02. The number of nitrogens with one attached hydrogen (secondary N) is 2. The Morgan fingerprint density at radius 2 is 1.86 bits per heavy atom. The first-order chi connectivity index (χ1) is 13.8. The molecular formula is C20H21IN4O3S. The van der Waals surface area contributed by atoms with Crippen LogP contribution in [0, 0.1) is 27.5 Å². The summed E-state index contributed by atoms with van der Waals surface area (Å²) < 4.78 is 1.14. The van der Waals surface area contributed by atoms with Crippen LogP contribution in [0.2, 0.25) is 0 Å². The molecule has 0 spiro atoms. The molecular weight excluding hydrogens is 503 g/mol. The van der Waals surface area contributed by atoms with Crippen LogP contribution in [0.25, 0.3) is 0 Å². The number of carbonyl (C=O) groups excluding carboxylic acids is 1. The molecule has 0 bridgehead atoms. The third kappa shape index (κ3) is 5.02. The van der Waals surface area contributed by atoms with Crippen LogP contribution in [0.3, 0.4) is 0 Å². The maximum Gasteiger partial charge on any atom is 0.293 e. The molecule has 1 aliphatic heterocycles. The molecule has 2 aromatic carbocycles. The number of carbonyl (C=O) groups is 1. The van der Waals surface area contributed by atoms with Gasteiger partial charge >= 0.3 is 0 Å². The first kappa shape index (κ1) is 21.4. The molecule has 2 aromatic rings. The Morgan fingerprint density at radius 3 is 2.52 bits per heavy atom. The van der Waals surface area contributed by atoms with E-state index in [1.807, 2.05) is 30.9 Å². The third-order valence-corrected chi connectivity index (χ3v) is 6.23. The number of nitro benzene ring substituents is 1. The minimum Gasteiger partial charge on any atom is -0.366 e. The fraction of sp³-hybridized carbons (Fsp3) is 0.300. The van der Waals surface area contributed by atoms with E-state index in [0.717, 1.165) is 46.3 Å². The van der Waals surface area contributed by atoms with E-state index >= 15 is 0 Å². The van der Waals surface area contributed by atoms with Crippen molar-refractivity contribution in [2.75, 3.05) is 23.3 Å². The van der Waals surface area contributed by atoms with Crippen LogP contribution in [0.5, 0.6) is 0 Å². The van der Waals surface area contributed by atoms with Crippen molar-refractivity contribution in [2.45, 2.75) is 26.7 Å². The summed E-state index contributed by atoms with van der Waals surface area (Å²) in [5.41, 5.74) is 3.59. The molecule has 0 radical (unpaired) electrons. The molecule has 1 fully saturated rings. The minimum absolute atomic E-state index is 0.0671. The van der Waals surface area contributed by atoms with E-state index < -0.39 is 10.8 Å². The molecule has 0 aromatic heterocycles. The van der Waals surface area contributed by atoms with Gasteiger partial charge in [0.15, 0.2) is 5.11 Å². The van der Waals surface area contributed by atoms with Crippen molar-refractivity contribution in [1.29, 1.82) is 0 Å². The van der Waals surface area contributed by atoms with E-state index in [9.17, 15) is 14.9 Å². The Bertz CT molecular complexity index is 990. The van der Waals surface area contributed by atoms with Crippen LogP contribution < -0.4 is 15.5 Å². The van der Waals surface area contributed by atoms with Gasteiger partial charge in [-0.25, -0.2) is 0 Å². The lowest BCUT2D eigenvalue weighted by Crippen LogP contribution is -2.34. The van der Waals surface area contributed by atoms with Crippen molar-refractivity contribution in [3.63, 3.8) is 0 Å². The van der Waals surface area contributed by atoms with Crippen molar-refractivity contribution < 1.29 is 9.72 Å². The molecule has 0 saturated carbocycles. The number of amides is 1. The monoisotopic (exact) mass is 524 g/mol. The van der Waals surface area contributed by atoms with Crippen molar-refractivity contribution in [3.8, 4) is 0 Å². The van der Waals surface area contributed by atoms with Crippen LogP contribution in [0.1, 0.15) is 34.3 Å². The maximum atomic E-state index is 12.6. The smallest absolute Gasteiger partial charge is 0.293 e. The summed E-state index contributed by atoms with van der Waals surface area (Å²) in [6.45, 7) is 5.52. The number of nitro groups is 1.